The van der Waals surface area contributed by atoms with Gasteiger partial charge in [0.2, 0.25) is 11.8 Å². The molecule has 2 N–H and O–H groups in total. The van der Waals surface area contributed by atoms with Gasteiger partial charge in [-0.2, -0.15) is 0 Å². The summed E-state index contributed by atoms with van der Waals surface area (Å²) in [6, 6.07) is 3.43. The Balaban J connectivity index is 2.07. The fourth-order valence-electron chi connectivity index (χ4n) is 2.91. The van der Waals surface area contributed by atoms with Gasteiger partial charge in [0.1, 0.15) is 0 Å². The Morgan fingerprint density at radius 1 is 1.43 bits per heavy atom. The number of piperidine rings is 1. The topological polar surface area (TPSA) is 86.7 Å². The van der Waals surface area contributed by atoms with E-state index in [1.807, 2.05) is 24.4 Å². The van der Waals surface area contributed by atoms with E-state index < -0.39 is 11.9 Å². The van der Waals surface area contributed by atoms with Gasteiger partial charge in [-0.05, 0) is 31.2 Å². The average Bonchev–Trinajstić information content (AvgIpc) is 3.00. The largest absolute Gasteiger partial charge is 0.481 e. The van der Waals surface area contributed by atoms with Crippen LogP contribution in [0.25, 0.3) is 0 Å². The van der Waals surface area contributed by atoms with Gasteiger partial charge in [0.25, 0.3) is 0 Å². The highest BCUT2D eigenvalue weighted by molar-refractivity contribution is 7.10. The van der Waals surface area contributed by atoms with Crippen molar-refractivity contribution in [1.82, 2.24) is 10.2 Å². The maximum absolute atomic E-state index is 12.7. The van der Waals surface area contributed by atoms with Gasteiger partial charge in [0, 0.05) is 24.4 Å². The number of nitrogens with one attached hydrogen (secondary N) is 1. The van der Waals surface area contributed by atoms with Crippen LogP contribution in [-0.4, -0.2) is 40.4 Å². The molecule has 1 aliphatic heterocycles. The number of carbonyl (C=O) groups excluding carboxylic acids is 2. The van der Waals surface area contributed by atoms with E-state index in [4.69, 9.17) is 0 Å². The second-order valence-electron chi connectivity index (χ2n) is 5.98. The van der Waals surface area contributed by atoms with Gasteiger partial charge < -0.3 is 15.3 Å². The minimum atomic E-state index is -0.855. The molecule has 126 valence electrons. The molecule has 1 aromatic heterocycles. The highest BCUT2D eigenvalue weighted by atomic mass is 32.1. The number of thiophene rings is 1. The minimum absolute atomic E-state index is 0.0272. The number of amides is 2. The molecule has 0 aliphatic carbocycles. The third-order valence-electron chi connectivity index (χ3n) is 4.19. The van der Waals surface area contributed by atoms with E-state index in [9.17, 15) is 19.5 Å². The van der Waals surface area contributed by atoms with Gasteiger partial charge in [-0.1, -0.05) is 6.07 Å². The lowest BCUT2D eigenvalue weighted by Gasteiger charge is -2.37. The van der Waals surface area contributed by atoms with Crippen LogP contribution < -0.4 is 5.32 Å². The molecule has 0 bridgehead atoms. The van der Waals surface area contributed by atoms with E-state index in [1.54, 1.807) is 4.90 Å². The zero-order valence-corrected chi connectivity index (χ0v) is 14.1. The normalized spacial score (nSPS) is 22.4. The average molecular weight is 338 g/mol. The van der Waals surface area contributed by atoms with Gasteiger partial charge in [-0.25, -0.2) is 0 Å². The van der Waals surface area contributed by atoms with Gasteiger partial charge in [0.15, 0.2) is 0 Å². The number of nitrogens with zero attached hydrogens (tertiary/aromatic N) is 1. The number of hydrogen-bond acceptors (Lipinski definition) is 4. The molecule has 0 aromatic carbocycles. The van der Waals surface area contributed by atoms with Crippen LogP contribution in [0.15, 0.2) is 17.5 Å². The lowest BCUT2D eigenvalue weighted by Crippen LogP contribution is -2.48. The molecule has 1 fully saturated rings. The first-order valence-corrected chi connectivity index (χ1v) is 8.59. The molecule has 0 spiro atoms. The summed E-state index contributed by atoms with van der Waals surface area (Å²) in [6.07, 6.45) is 1.43. The molecular formula is C16H22N2O4S. The summed E-state index contributed by atoms with van der Waals surface area (Å²) in [5, 5.41) is 13.9. The summed E-state index contributed by atoms with van der Waals surface area (Å²) < 4.78 is 0. The van der Waals surface area contributed by atoms with Crippen LogP contribution in [0.5, 0.6) is 0 Å². The molecule has 0 radical (unpaired) electrons. The standard InChI is InChI=1S/C16H22N2O4S/c1-10-5-6-12(16(21)22)9-18(10)15(20)8-13(17-11(2)19)14-4-3-7-23-14/h3-4,7,10,12-13H,5-6,8-9H2,1-2H3,(H,17,19)(H,21,22). The van der Waals surface area contributed by atoms with E-state index >= 15 is 0 Å². The summed E-state index contributed by atoms with van der Waals surface area (Å²) in [7, 11) is 0. The monoisotopic (exact) mass is 338 g/mol. The maximum atomic E-state index is 12.7. The molecule has 3 atom stereocenters. The van der Waals surface area contributed by atoms with Crippen LogP contribution in [0.4, 0.5) is 0 Å². The molecule has 23 heavy (non-hydrogen) atoms. The number of likely N-dealkylation sites (tertiary alicyclic amines) is 1. The minimum Gasteiger partial charge on any atom is -0.481 e. The molecule has 3 unspecified atom stereocenters. The summed E-state index contributed by atoms with van der Waals surface area (Å²) in [6.45, 7) is 3.61. The first-order chi connectivity index (χ1) is 10.9. The van der Waals surface area contributed by atoms with Crippen LogP contribution in [-0.2, 0) is 14.4 Å². The molecule has 1 aromatic rings. The van der Waals surface area contributed by atoms with Gasteiger partial charge in [-0.15, -0.1) is 11.3 Å². The first kappa shape index (κ1) is 17.5. The van der Waals surface area contributed by atoms with Gasteiger partial charge in [0.05, 0.1) is 18.4 Å². The van der Waals surface area contributed by atoms with Crippen molar-refractivity contribution in [3.8, 4) is 0 Å². The predicted molar refractivity (Wildman–Crippen MR) is 87.0 cm³/mol. The second-order valence-corrected chi connectivity index (χ2v) is 6.96. The van der Waals surface area contributed by atoms with Crippen molar-refractivity contribution in [3.63, 3.8) is 0 Å². The third-order valence-corrected chi connectivity index (χ3v) is 5.18. The number of carboxylic acids is 1. The Hall–Kier alpha value is -1.89. The summed E-state index contributed by atoms with van der Waals surface area (Å²) >= 11 is 1.49. The van der Waals surface area contributed by atoms with Crippen molar-refractivity contribution < 1.29 is 19.5 Å². The Morgan fingerprint density at radius 3 is 2.74 bits per heavy atom. The van der Waals surface area contributed by atoms with Crippen molar-refractivity contribution in [1.29, 1.82) is 0 Å². The number of carboxylic acid groups (broad SMARTS) is 1. The maximum Gasteiger partial charge on any atom is 0.308 e. The van der Waals surface area contributed by atoms with Crippen LogP contribution in [0.1, 0.15) is 44.0 Å². The Labute approximate surface area is 139 Å². The molecule has 7 heteroatoms. The van der Waals surface area contributed by atoms with Crippen molar-refractivity contribution in [2.75, 3.05) is 6.54 Å². The van der Waals surface area contributed by atoms with Gasteiger partial charge in [-0.3, -0.25) is 14.4 Å². The van der Waals surface area contributed by atoms with Crippen molar-refractivity contribution in [2.45, 2.75) is 45.2 Å². The van der Waals surface area contributed by atoms with Crippen LogP contribution in [0.2, 0.25) is 0 Å². The molecular weight excluding hydrogens is 316 g/mol. The van der Waals surface area contributed by atoms with Crippen molar-refractivity contribution in [3.05, 3.63) is 22.4 Å². The summed E-state index contributed by atoms with van der Waals surface area (Å²) in [5.74, 6) is -1.66. The van der Waals surface area contributed by atoms with Crippen molar-refractivity contribution >= 4 is 29.1 Å². The van der Waals surface area contributed by atoms with Crippen molar-refractivity contribution in [2.24, 2.45) is 5.92 Å². The fourth-order valence-corrected chi connectivity index (χ4v) is 3.68. The quantitative estimate of drug-likeness (QED) is 0.860. The molecule has 1 aliphatic rings. The molecule has 6 nitrogen and oxygen atoms in total. The smallest absolute Gasteiger partial charge is 0.308 e. The Bertz CT molecular complexity index is 573. The first-order valence-electron chi connectivity index (χ1n) is 7.71. The molecule has 2 heterocycles. The molecule has 2 rings (SSSR count). The lowest BCUT2D eigenvalue weighted by molar-refractivity contribution is -0.147. The molecule has 1 saturated heterocycles. The number of rotatable bonds is 5. The second kappa shape index (κ2) is 7.59. The van der Waals surface area contributed by atoms with Gasteiger partial charge >= 0.3 is 5.97 Å². The Morgan fingerprint density at radius 2 is 2.17 bits per heavy atom. The van der Waals surface area contributed by atoms with E-state index in [-0.39, 0.29) is 36.9 Å². The van der Waals surface area contributed by atoms with E-state index in [0.29, 0.717) is 12.8 Å². The van der Waals surface area contributed by atoms with E-state index in [2.05, 4.69) is 5.32 Å². The van der Waals surface area contributed by atoms with E-state index in [0.717, 1.165) is 4.88 Å². The van der Waals surface area contributed by atoms with Crippen LogP contribution in [0, 0.1) is 5.92 Å². The Kier molecular flexibility index (Phi) is 5.76. The summed E-state index contributed by atoms with van der Waals surface area (Å²) in [5.41, 5.74) is 0. The highest BCUT2D eigenvalue weighted by Gasteiger charge is 2.33. The third kappa shape index (κ3) is 4.54. The summed E-state index contributed by atoms with van der Waals surface area (Å²) in [4.78, 5) is 37.8. The zero-order chi connectivity index (χ0) is 17.0. The SMILES string of the molecule is CC(=O)NC(CC(=O)N1CC(C(=O)O)CCC1C)c1cccs1. The zero-order valence-electron chi connectivity index (χ0n) is 13.3. The fraction of sp³-hybridized carbons (Fsp3) is 0.562. The number of carbonyl (C=O) groups is 3. The van der Waals surface area contributed by atoms with Crippen LogP contribution >= 0.6 is 11.3 Å². The highest BCUT2D eigenvalue weighted by Crippen LogP contribution is 2.27. The molecule has 2 amide bonds. The predicted octanol–water partition coefficient (Wildman–Crippen LogP) is 2.03. The number of hydrogen-bond donors (Lipinski definition) is 2. The molecule has 0 saturated carbocycles. The number of aliphatic carboxylic acids is 1. The lowest BCUT2D eigenvalue weighted by atomic mass is 9.93. The van der Waals surface area contributed by atoms with Crippen LogP contribution in [0.3, 0.4) is 0 Å². The van der Waals surface area contributed by atoms with E-state index in [1.165, 1.54) is 18.3 Å².